The fraction of sp³-hybridized carbons (Fsp3) is 0.222. The second-order valence-corrected chi connectivity index (χ2v) is 8.60. The Morgan fingerprint density at radius 3 is 2.59 bits per heavy atom. The fourth-order valence-electron chi connectivity index (χ4n) is 4.63. The van der Waals surface area contributed by atoms with E-state index in [0.29, 0.717) is 24.0 Å². The molecule has 7 heteroatoms. The zero-order valence-corrected chi connectivity index (χ0v) is 18.6. The summed E-state index contributed by atoms with van der Waals surface area (Å²) in [5.74, 6) is -1.21. The lowest BCUT2D eigenvalue weighted by Crippen LogP contribution is -2.31. The Balaban J connectivity index is 1.54. The molecule has 0 bridgehead atoms. The van der Waals surface area contributed by atoms with E-state index in [9.17, 15) is 19.1 Å². The maximum Gasteiger partial charge on any atom is 0.295 e. The van der Waals surface area contributed by atoms with E-state index in [1.54, 1.807) is 48.8 Å². The third-order valence-corrected chi connectivity index (χ3v) is 6.29. The molecule has 2 aliphatic rings. The van der Waals surface area contributed by atoms with Crippen LogP contribution in [0.2, 0.25) is 0 Å². The first-order chi connectivity index (χ1) is 16.4. The zero-order valence-electron chi connectivity index (χ0n) is 18.6. The summed E-state index contributed by atoms with van der Waals surface area (Å²) in [7, 11) is 0. The lowest BCUT2D eigenvalue weighted by molar-refractivity contribution is -0.139. The van der Waals surface area contributed by atoms with Crippen LogP contribution < -0.4 is 4.74 Å². The van der Waals surface area contributed by atoms with Crippen molar-refractivity contribution in [2.45, 2.75) is 31.9 Å². The summed E-state index contributed by atoms with van der Waals surface area (Å²) in [4.78, 5) is 31.7. The first-order valence-corrected chi connectivity index (χ1v) is 11.1. The molecule has 1 aromatic heterocycles. The van der Waals surface area contributed by atoms with Gasteiger partial charge in [-0.3, -0.25) is 14.6 Å². The number of benzene rings is 2. The Labute approximate surface area is 196 Å². The van der Waals surface area contributed by atoms with Crippen LogP contribution in [0.3, 0.4) is 0 Å². The number of aliphatic hydroxyl groups excluding tert-OH is 1. The summed E-state index contributed by atoms with van der Waals surface area (Å²) < 4.78 is 19.0. The van der Waals surface area contributed by atoms with Gasteiger partial charge in [0.15, 0.2) is 0 Å². The molecule has 1 fully saturated rings. The molecule has 6 nitrogen and oxygen atoms in total. The number of carbonyl (C=O) groups excluding carboxylic acids is 2. The van der Waals surface area contributed by atoms with Gasteiger partial charge in [-0.05, 0) is 72.5 Å². The second kappa shape index (κ2) is 8.74. The van der Waals surface area contributed by atoms with Crippen LogP contribution in [0.25, 0.3) is 5.76 Å². The summed E-state index contributed by atoms with van der Waals surface area (Å²) in [6, 6.07) is 14.0. The first-order valence-electron chi connectivity index (χ1n) is 11.1. The number of hydrogen-bond donors (Lipinski definition) is 1. The van der Waals surface area contributed by atoms with Gasteiger partial charge in [0.2, 0.25) is 0 Å². The van der Waals surface area contributed by atoms with Crippen molar-refractivity contribution in [3.8, 4) is 5.75 Å². The van der Waals surface area contributed by atoms with Crippen LogP contribution in [0, 0.1) is 5.82 Å². The van der Waals surface area contributed by atoms with Crippen molar-refractivity contribution in [2.75, 3.05) is 6.54 Å². The van der Waals surface area contributed by atoms with E-state index in [2.05, 4.69) is 4.98 Å². The van der Waals surface area contributed by atoms with Crippen molar-refractivity contribution in [3.63, 3.8) is 0 Å². The van der Waals surface area contributed by atoms with Gasteiger partial charge < -0.3 is 14.7 Å². The summed E-state index contributed by atoms with van der Waals surface area (Å²) in [5.41, 5.74) is 2.97. The SMILES string of the molecule is CC1Cc2cc(/C(O)=C3/C(=O)C(=O)N(CCc4ccc(F)cc4)C3c3ccncc3)ccc2O1. The summed E-state index contributed by atoms with van der Waals surface area (Å²) in [5, 5.41) is 11.3. The molecule has 1 N–H and O–H groups in total. The number of fused-ring (bicyclic) bond motifs is 1. The maximum absolute atomic E-state index is 13.3. The van der Waals surface area contributed by atoms with Crippen LogP contribution >= 0.6 is 0 Å². The molecule has 2 aliphatic heterocycles. The average Bonchev–Trinajstić information content (AvgIpc) is 3.34. The number of rotatable bonds is 5. The molecule has 2 atom stereocenters. The van der Waals surface area contributed by atoms with Gasteiger partial charge in [-0.1, -0.05) is 12.1 Å². The van der Waals surface area contributed by atoms with Crippen LogP contribution in [-0.4, -0.2) is 39.3 Å². The normalized spacial score (nSPS) is 20.9. The van der Waals surface area contributed by atoms with Gasteiger partial charge >= 0.3 is 0 Å². The molecule has 0 aliphatic carbocycles. The lowest BCUT2D eigenvalue weighted by Gasteiger charge is -2.25. The average molecular weight is 458 g/mol. The van der Waals surface area contributed by atoms with Gasteiger partial charge in [0, 0.05) is 30.9 Å². The predicted molar refractivity (Wildman–Crippen MR) is 124 cm³/mol. The van der Waals surface area contributed by atoms with E-state index in [0.717, 1.165) is 16.9 Å². The van der Waals surface area contributed by atoms with Crippen molar-refractivity contribution in [3.05, 3.63) is 101 Å². The van der Waals surface area contributed by atoms with E-state index in [1.165, 1.54) is 17.0 Å². The number of aromatic nitrogens is 1. The number of nitrogens with zero attached hydrogens (tertiary/aromatic N) is 2. The Morgan fingerprint density at radius 2 is 1.85 bits per heavy atom. The number of ether oxygens (including phenoxy) is 1. The first kappa shape index (κ1) is 21.8. The van der Waals surface area contributed by atoms with Gasteiger partial charge in [-0.15, -0.1) is 0 Å². The monoisotopic (exact) mass is 458 g/mol. The van der Waals surface area contributed by atoms with Crippen molar-refractivity contribution >= 4 is 17.4 Å². The molecule has 2 aromatic carbocycles. The van der Waals surface area contributed by atoms with E-state index in [4.69, 9.17) is 4.74 Å². The molecule has 0 saturated carbocycles. The standard InChI is InChI=1S/C27H23FN2O4/c1-16-14-20-15-19(4-7-22(20)34-16)25(31)23-24(18-8-11-29-12-9-18)30(27(33)26(23)32)13-10-17-2-5-21(28)6-3-17/h2-9,11-12,15-16,24,31H,10,13-14H2,1H3/b25-23-. The van der Waals surface area contributed by atoms with Crippen molar-refractivity contribution in [1.82, 2.24) is 9.88 Å². The highest BCUT2D eigenvalue weighted by Crippen LogP contribution is 2.40. The Morgan fingerprint density at radius 1 is 1.12 bits per heavy atom. The van der Waals surface area contributed by atoms with Crippen LogP contribution in [0.4, 0.5) is 4.39 Å². The number of Topliss-reactive ketones (excluding diaryl/α,β-unsaturated/α-hetero) is 1. The second-order valence-electron chi connectivity index (χ2n) is 8.60. The van der Waals surface area contributed by atoms with Gasteiger partial charge in [-0.25, -0.2) is 4.39 Å². The zero-order chi connectivity index (χ0) is 23.8. The van der Waals surface area contributed by atoms with E-state index in [1.807, 2.05) is 13.0 Å². The van der Waals surface area contributed by atoms with Gasteiger partial charge in [-0.2, -0.15) is 0 Å². The highest BCUT2D eigenvalue weighted by molar-refractivity contribution is 6.46. The van der Waals surface area contributed by atoms with Crippen LogP contribution in [0.5, 0.6) is 5.75 Å². The Kier molecular flexibility index (Phi) is 5.61. The number of hydrogen-bond acceptors (Lipinski definition) is 5. The van der Waals surface area contributed by atoms with Crippen molar-refractivity contribution in [1.29, 1.82) is 0 Å². The molecule has 34 heavy (non-hydrogen) atoms. The molecular formula is C27H23FN2O4. The van der Waals surface area contributed by atoms with Crippen LogP contribution in [-0.2, 0) is 22.4 Å². The molecule has 1 saturated heterocycles. The molecule has 1 amide bonds. The highest BCUT2D eigenvalue weighted by atomic mass is 19.1. The van der Waals surface area contributed by atoms with Gasteiger partial charge in [0.25, 0.3) is 11.7 Å². The number of halogens is 1. The number of ketones is 1. The van der Waals surface area contributed by atoms with Gasteiger partial charge in [0.05, 0.1) is 11.6 Å². The number of likely N-dealkylation sites (tertiary alicyclic amines) is 1. The minimum atomic E-state index is -0.758. The predicted octanol–water partition coefficient (Wildman–Crippen LogP) is 4.21. The van der Waals surface area contributed by atoms with E-state index >= 15 is 0 Å². The number of aliphatic hydroxyl groups is 1. The Bertz CT molecular complexity index is 1290. The van der Waals surface area contributed by atoms with Crippen molar-refractivity contribution in [2.24, 2.45) is 0 Å². The lowest BCUT2D eigenvalue weighted by atomic mass is 9.95. The van der Waals surface area contributed by atoms with E-state index < -0.39 is 17.7 Å². The summed E-state index contributed by atoms with van der Waals surface area (Å²) in [6.45, 7) is 2.20. The fourth-order valence-corrected chi connectivity index (χ4v) is 4.63. The number of pyridine rings is 1. The molecular weight excluding hydrogens is 435 g/mol. The van der Waals surface area contributed by atoms with Gasteiger partial charge in [0.1, 0.15) is 23.4 Å². The van der Waals surface area contributed by atoms with Crippen LogP contribution in [0.1, 0.15) is 35.2 Å². The third-order valence-electron chi connectivity index (χ3n) is 6.29. The summed E-state index contributed by atoms with van der Waals surface area (Å²) in [6.07, 6.45) is 4.35. The molecule has 3 aromatic rings. The van der Waals surface area contributed by atoms with E-state index in [-0.39, 0.29) is 29.8 Å². The minimum absolute atomic E-state index is 0.0428. The topological polar surface area (TPSA) is 79.7 Å². The molecule has 2 unspecified atom stereocenters. The summed E-state index contributed by atoms with van der Waals surface area (Å²) >= 11 is 0. The maximum atomic E-state index is 13.3. The molecule has 0 spiro atoms. The number of carbonyl (C=O) groups is 2. The third kappa shape index (κ3) is 3.94. The van der Waals surface area contributed by atoms with Crippen LogP contribution in [0.15, 0.2) is 72.6 Å². The minimum Gasteiger partial charge on any atom is -0.507 e. The van der Waals surface area contributed by atoms with Crippen molar-refractivity contribution < 1.29 is 23.8 Å². The largest absolute Gasteiger partial charge is 0.507 e. The molecule has 3 heterocycles. The smallest absolute Gasteiger partial charge is 0.295 e. The Hall–Kier alpha value is -4.00. The molecule has 172 valence electrons. The molecule has 0 radical (unpaired) electrons. The number of amides is 1. The highest BCUT2D eigenvalue weighted by Gasteiger charge is 2.45. The molecule has 5 rings (SSSR count). The quantitative estimate of drug-likeness (QED) is 0.352.